The van der Waals surface area contributed by atoms with Crippen LogP contribution in [-0.4, -0.2) is 214 Å². The average Bonchev–Trinajstić information content (AvgIpc) is 3.04. The van der Waals surface area contributed by atoms with Gasteiger partial charge in [0.15, 0.2) is 18.9 Å². The minimum atomic E-state index is -2.13. The van der Waals surface area contributed by atoms with Gasteiger partial charge in [0.05, 0.1) is 38.5 Å². The number of aliphatic hydroxyl groups excluding tert-OH is 14. The van der Waals surface area contributed by atoms with Crippen LogP contribution in [0.4, 0.5) is 0 Å². The maximum absolute atomic E-state index is 10.9. The molecule has 20 nitrogen and oxygen atoms in total. The molecule has 0 radical (unpaired) electrons. The molecular formula is C25H43NO19. The van der Waals surface area contributed by atoms with Crippen molar-refractivity contribution >= 4 is 6.29 Å². The summed E-state index contributed by atoms with van der Waals surface area (Å²) in [5.41, 5.74) is -0.0485. The highest BCUT2D eigenvalue weighted by Gasteiger charge is 2.52. The van der Waals surface area contributed by atoms with E-state index in [1.807, 2.05) is 0 Å². The van der Waals surface area contributed by atoms with Gasteiger partial charge in [-0.05, 0) is 5.57 Å². The molecule has 3 rings (SSSR count). The number of carbonyl (C=O) groups is 1. The maximum Gasteiger partial charge on any atom is 0.187 e. The molecule has 2 aliphatic heterocycles. The van der Waals surface area contributed by atoms with Crippen molar-refractivity contribution < 1.29 is 95.2 Å². The Morgan fingerprint density at radius 2 is 1.40 bits per heavy atom. The van der Waals surface area contributed by atoms with Crippen molar-refractivity contribution in [2.45, 2.75) is 110 Å². The highest BCUT2D eigenvalue weighted by Crippen LogP contribution is 2.31. The molecule has 2 saturated heterocycles. The van der Waals surface area contributed by atoms with Crippen LogP contribution in [0.25, 0.3) is 0 Å². The Morgan fingerprint density at radius 1 is 0.800 bits per heavy atom. The van der Waals surface area contributed by atoms with E-state index in [0.29, 0.717) is 0 Å². The number of aliphatic hydroxyl groups is 14. The fourth-order valence-corrected chi connectivity index (χ4v) is 5.39. The molecule has 45 heavy (non-hydrogen) atoms. The Bertz CT molecular complexity index is 957. The van der Waals surface area contributed by atoms with Gasteiger partial charge in [0.25, 0.3) is 0 Å². The van der Waals surface area contributed by atoms with Gasteiger partial charge in [0, 0.05) is 0 Å². The summed E-state index contributed by atoms with van der Waals surface area (Å²) in [5, 5.41) is 145. The van der Waals surface area contributed by atoms with E-state index in [1.165, 1.54) is 6.08 Å². The molecule has 10 unspecified atom stereocenters. The molecule has 0 aromatic heterocycles. The Balaban J connectivity index is 1.74. The molecule has 3 aliphatic rings. The van der Waals surface area contributed by atoms with Crippen LogP contribution in [0.3, 0.4) is 0 Å². The molecule has 0 amide bonds. The Kier molecular flexibility index (Phi) is 14.1. The van der Waals surface area contributed by atoms with Crippen LogP contribution in [0.15, 0.2) is 11.6 Å². The molecule has 15 N–H and O–H groups in total. The van der Waals surface area contributed by atoms with Crippen LogP contribution in [-0.2, 0) is 23.7 Å². The van der Waals surface area contributed by atoms with Gasteiger partial charge in [0.2, 0.25) is 0 Å². The van der Waals surface area contributed by atoms with E-state index in [-0.39, 0.29) is 11.9 Å². The third kappa shape index (κ3) is 8.21. The zero-order valence-corrected chi connectivity index (χ0v) is 23.7. The van der Waals surface area contributed by atoms with Gasteiger partial charge in [-0.15, -0.1) is 0 Å². The van der Waals surface area contributed by atoms with Crippen LogP contribution < -0.4 is 5.32 Å². The second-order valence-electron chi connectivity index (χ2n) is 11.0. The van der Waals surface area contributed by atoms with E-state index in [1.54, 1.807) is 0 Å². The summed E-state index contributed by atoms with van der Waals surface area (Å²) in [4.78, 5) is 10.9. The van der Waals surface area contributed by atoms with Gasteiger partial charge in [-0.3, -0.25) is 0 Å². The number of carbonyl (C=O) groups excluding carboxylic acids is 1. The van der Waals surface area contributed by atoms with E-state index in [0.717, 1.165) is 0 Å². The first-order chi connectivity index (χ1) is 21.2. The summed E-state index contributed by atoms with van der Waals surface area (Å²) in [5.74, 6) is 0. The molecule has 2 fully saturated rings. The van der Waals surface area contributed by atoms with E-state index in [9.17, 15) is 76.3 Å². The topological polar surface area (TPSA) is 349 Å². The van der Waals surface area contributed by atoms with Gasteiger partial charge in [0.1, 0.15) is 85.5 Å². The largest absolute Gasteiger partial charge is 0.394 e. The SMILES string of the molecule is O=CC(O)C(O)C(O[C@H]1OC(CO)C(O[C@@H]2O[C@H](CO)C(NC3C=C(CO)[C@@H](O)C(O)[C@H]3O)[C@H](O)C2O)C(O)[C@H]1O)[C@H](O)CO. The quantitative estimate of drug-likeness (QED) is 0.0606. The van der Waals surface area contributed by atoms with E-state index in [4.69, 9.17) is 18.9 Å². The number of nitrogens with one attached hydrogen (secondary N) is 1. The van der Waals surface area contributed by atoms with Crippen LogP contribution in [0.2, 0.25) is 0 Å². The second-order valence-corrected chi connectivity index (χ2v) is 11.0. The van der Waals surface area contributed by atoms with Crippen LogP contribution in [0.1, 0.15) is 0 Å². The molecule has 0 aromatic carbocycles. The van der Waals surface area contributed by atoms with E-state index in [2.05, 4.69) is 5.32 Å². The normalized spacial score (nSPS) is 43.6. The molecule has 0 spiro atoms. The predicted molar refractivity (Wildman–Crippen MR) is 140 cm³/mol. The second kappa shape index (κ2) is 16.7. The Hall–Kier alpha value is -1.35. The standard InChI is InChI=1S/C25H43NO19/c27-2-7-1-8(15(35)18(38)14(7)34)26-13-11(5-30)42-24(20(40)17(13)37)45-23-12(6-31)43-25(21(41)19(23)39)44-22(10(33)4-29)16(36)9(32)3-28/h1,3,8-27,29-41H,2,4-6H2/t8?,9?,10-,11-,12?,13?,14-,15+,16?,17+,18?,19?,20?,21-,22?,23?,24+,25-/m1/s1. The smallest absolute Gasteiger partial charge is 0.187 e. The average molecular weight is 662 g/mol. The van der Waals surface area contributed by atoms with Crippen molar-refractivity contribution in [2.75, 3.05) is 26.4 Å². The summed E-state index contributed by atoms with van der Waals surface area (Å²) in [6.45, 7) is -3.46. The number of hydrogen-bond acceptors (Lipinski definition) is 20. The van der Waals surface area contributed by atoms with Gasteiger partial charge in [-0.25, -0.2) is 0 Å². The highest BCUT2D eigenvalue weighted by atomic mass is 16.7. The summed E-state index contributed by atoms with van der Waals surface area (Å²) in [6, 6.07) is -2.55. The molecular weight excluding hydrogens is 618 g/mol. The number of ether oxygens (including phenoxy) is 4. The minimum absolute atomic E-state index is 0.0485. The molecule has 0 bridgehead atoms. The predicted octanol–water partition coefficient (Wildman–Crippen LogP) is -9.75. The van der Waals surface area contributed by atoms with Crippen molar-refractivity contribution in [2.24, 2.45) is 0 Å². The van der Waals surface area contributed by atoms with Crippen molar-refractivity contribution in [3.05, 3.63) is 11.6 Å². The maximum atomic E-state index is 10.9. The van der Waals surface area contributed by atoms with Crippen molar-refractivity contribution in [1.29, 1.82) is 0 Å². The fourth-order valence-electron chi connectivity index (χ4n) is 5.39. The highest BCUT2D eigenvalue weighted by molar-refractivity contribution is 5.56. The fraction of sp³-hybridized carbons (Fsp3) is 0.880. The van der Waals surface area contributed by atoms with Gasteiger partial charge < -0.3 is 101 Å². The van der Waals surface area contributed by atoms with Gasteiger partial charge in [-0.2, -0.15) is 0 Å². The van der Waals surface area contributed by atoms with Gasteiger partial charge >= 0.3 is 0 Å². The lowest BCUT2D eigenvalue weighted by Gasteiger charge is -2.48. The lowest BCUT2D eigenvalue weighted by molar-refractivity contribution is -0.362. The molecule has 1 aliphatic carbocycles. The molecule has 262 valence electrons. The summed E-state index contributed by atoms with van der Waals surface area (Å²) < 4.78 is 21.8. The van der Waals surface area contributed by atoms with Gasteiger partial charge in [-0.1, -0.05) is 6.08 Å². The molecule has 20 heteroatoms. The molecule has 0 aromatic rings. The number of aldehydes is 1. The van der Waals surface area contributed by atoms with Crippen LogP contribution >= 0.6 is 0 Å². The summed E-state index contributed by atoms with van der Waals surface area (Å²) in [6.07, 6.45) is -28.3. The van der Waals surface area contributed by atoms with Crippen LogP contribution in [0.5, 0.6) is 0 Å². The Labute approximate surface area is 255 Å². The lowest BCUT2D eigenvalue weighted by Crippen LogP contribution is -2.69. The zero-order chi connectivity index (χ0) is 33.7. The lowest BCUT2D eigenvalue weighted by atomic mass is 9.86. The van der Waals surface area contributed by atoms with Crippen molar-refractivity contribution in [3.8, 4) is 0 Å². The van der Waals surface area contributed by atoms with Crippen molar-refractivity contribution in [1.82, 2.24) is 5.32 Å². The molecule has 0 saturated carbocycles. The van der Waals surface area contributed by atoms with Crippen LogP contribution in [0, 0.1) is 0 Å². The summed E-state index contributed by atoms with van der Waals surface area (Å²) >= 11 is 0. The minimum Gasteiger partial charge on any atom is -0.394 e. The first-order valence-corrected chi connectivity index (χ1v) is 14.0. The number of hydrogen-bond donors (Lipinski definition) is 15. The van der Waals surface area contributed by atoms with E-state index < -0.39 is 137 Å². The zero-order valence-electron chi connectivity index (χ0n) is 23.7. The van der Waals surface area contributed by atoms with Crippen molar-refractivity contribution in [3.63, 3.8) is 0 Å². The monoisotopic (exact) mass is 661 g/mol. The number of rotatable bonds is 14. The third-order valence-corrected chi connectivity index (χ3v) is 8.06. The third-order valence-electron chi connectivity index (χ3n) is 8.06. The Morgan fingerprint density at radius 3 is 1.96 bits per heavy atom. The first kappa shape index (κ1) is 38.1. The van der Waals surface area contributed by atoms with E-state index >= 15 is 0 Å². The summed E-state index contributed by atoms with van der Waals surface area (Å²) in [7, 11) is 0. The molecule has 18 atom stereocenters. The molecule has 2 heterocycles. The first-order valence-electron chi connectivity index (χ1n) is 14.0.